The van der Waals surface area contributed by atoms with Crippen LogP contribution >= 0.6 is 0 Å². The van der Waals surface area contributed by atoms with Gasteiger partial charge >= 0.3 is 0 Å². The first-order chi connectivity index (χ1) is 8.56. The molecule has 1 heterocycles. The molecule has 0 saturated heterocycles. The molecule has 3 heteroatoms. The van der Waals surface area contributed by atoms with E-state index in [1.54, 1.807) is 4.68 Å². The minimum absolute atomic E-state index is 0.398. The number of rotatable bonds is 4. The zero-order chi connectivity index (χ0) is 13.1. The van der Waals surface area contributed by atoms with E-state index in [1.165, 1.54) is 11.1 Å². The van der Waals surface area contributed by atoms with Crippen LogP contribution < -0.4 is 0 Å². The Bertz CT molecular complexity index is 531. The molecule has 0 aliphatic rings. The third-order valence-electron chi connectivity index (χ3n) is 3.26. The van der Waals surface area contributed by atoms with Crippen LogP contribution in [0.4, 0.5) is 0 Å². The van der Waals surface area contributed by atoms with Crippen LogP contribution in [0.25, 0.3) is 0 Å². The van der Waals surface area contributed by atoms with Crippen molar-refractivity contribution in [2.24, 2.45) is 7.05 Å². The first-order valence-corrected chi connectivity index (χ1v) is 6.29. The van der Waals surface area contributed by atoms with Crippen molar-refractivity contribution in [3.8, 4) is 0 Å². The van der Waals surface area contributed by atoms with Crippen LogP contribution in [0.1, 0.15) is 34.8 Å². The zero-order valence-corrected chi connectivity index (χ0v) is 11.2. The normalized spacial score (nSPS) is 12.7. The minimum atomic E-state index is -0.398. The Morgan fingerprint density at radius 2 is 2.11 bits per heavy atom. The van der Waals surface area contributed by atoms with Crippen molar-refractivity contribution in [2.45, 2.75) is 32.8 Å². The van der Waals surface area contributed by atoms with Gasteiger partial charge in [0.1, 0.15) is 0 Å². The van der Waals surface area contributed by atoms with Gasteiger partial charge in [0.15, 0.2) is 0 Å². The van der Waals surface area contributed by atoms with Gasteiger partial charge in [0, 0.05) is 13.2 Å². The highest BCUT2D eigenvalue weighted by Crippen LogP contribution is 2.23. The lowest BCUT2D eigenvalue weighted by atomic mass is 9.97. The summed E-state index contributed by atoms with van der Waals surface area (Å²) in [4.78, 5) is 0. The van der Waals surface area contributed by atoms with Crippen molar-refractivity contribution in [3.05, 3.63) is 52.8 Å². The molecule has 0 aliphatic carbocycles. The van der Waals surface area contributed by atoms with E-state index >= 15 is 0 Å². The summed E-state index contributed by atoms with van der Waals surface area (Å²) in [7, 11) is 1.91. The van der Waals surface area contributed by atoms with Crippen molar-refractivity contribution in [1.29, 1.82) is 0 Å². The fraction of sp³-hybridized carbons (Fsp3) is 0.400. The highest BCUT2D eigenvalue weighted by Gasteiger charge is 2.11. The van der Waals surface area contributed by atoms with Gasteiger partial charge < -0.3 is 5.11 Å². The molecular weight excluding hydrogens is 224 g/mol. The predicted molar refractivity (Wildman–Crippen MR) is 72.4 cm³/mol. The number of aliphatic hydroxyl groups excluding tert-OH is 1. The molecule has 1 aromatic heterocycles. The molecular formula is C15H20N2O. The molecule has 0 saturated carbocycles. The highest BCUT2D eigenvalue weighted by atomic mass is 16.3. The van der Waals surface area contributed by atoms with Crippen LogP contribution in [0.2, 0.25) is 0 Å². The Hall–Kier alpha value is -1.61. The second kappa shape index (κ2) is 5.36. The van der Waals surface area contributed by atoms with Crippen molar-refractivity contribution in [3.63, 3.8) is 0 Å². The molecule has 3 nitrogen and oxygen atoms in total. The third-order valence-corrected chi connectivity index (χ3v) is 3.26. The molecule has 0 radical (unpaired) electrons. The second-order valence-corrected chi connectivity index (χ2v) is 4.94. The second-order valence-electron chi connectivity index (χ2n) is 4.94. The van der Waals surface area contributed by atoms with E-state index in [2.05, 4.69) is 30.2 Å². The number of hydrogen-bond acceptors (Lipinski definition) is 2. The Morgan fingerprint density at radius 1 is 1.33 bits per heavy atom. The smallest absolute Gasteiger partial charge is 0.0795 e. The van der Waals surface area contributed by atoms with Crippen LogP contribution in [0.15, 0.2) is 30.6 Å². The number of hydrogen-bond donors (Lipinski definition) is 1. The summed E-state index contributed by atoms with van der Waals surface area (Å²) in [6.45, 7) is 4.10. The topological polar surface area (TPSA) is 38.1 Å². The molecule has 1 atom stereocenters. The number of aliphatic hydroxyl groups is 1. The van der Waals surface area contributed by atoms with Gasteiger partial charge in [-0.1, -0.05) is 23.8 Å². The maximum absolute atomic E-state index is 10.3. The predicted octanol–water partition coefficient (Wildman–Crippen LogP) is 2.70. The van der Waals surface area contributed by atoms with Gasteiger partial charge in [0.25, 0.3) is 0 Å². The lowest BCUT2D eigenvalue weighted by Crippen LogP contribution is -2.02. The molecule has 2 rings (SSSR count). The van der Waals surface area contributed by atoms with Crippen LogP contribution in [-0.2, 0) is 13.5 Å². The summed E-state index contributed by atoms with van der Waals surface area (Å²) in [5, 5.41) is 14.4. The summed E-state index contributed by atoms with van der Waals surface area (Å²) < 4.78 is 1.79. The van der Waals surface area contributed by atoms with Crippen molar-refractivity contribution in [2.75, 3.05) is 0 Å². The Morgan fingerprint density at radius 3 is 2.78 bits per heavy atom. The minimum Gasteiger partial charge on any atom is -0.388 e. The summed E-state index contributed by atoms with van der Waals surface area (Å²) in [6, 6.07) is 6.22. The number of nitrogens with zero attached hydrogens (tertiary/aromatic N) is 2. The van der Waals surface area contributed by atoms with Crippen LogP contribution in [0.3, 0.4) is 0 Å². The van der Waals surface area contributed by atoms with E-state index < -0.39 is 6.10 Å². The fourth-order valence-electron chi connectivity index (χ4n) is 2.18. The Balaban J connectivity index is 2.03. The standard InChI is InChI=1S/C15H20N2O/c1-11-4-5-12(2)14(8-11)15(18)7-6-13-9-16-17(3)10-13/h4-5,8-10,15,18H,6-7H2,1-3H3. The summed E-state index contributed by atoms with van der Waals surface area (Å²) in [6.07, 6.45) is 5.04. The third kappa shape index (κ3) is 2.99. The maximum atomic E-state index is 10.3. The van der Waals surface area contributed by atoms with Crippen molar-refractivity contribution in [1.82, 2.24) is 9.78 Å². The molecule has 2 aromatic rings. The average molecular weight is 244 g/mol. The van der Waals surface area contributed by atoms with E-state index in [0.29, 0.717) is 0 Å². The molecule has 1 N–H and O–H groups in total. The largest absolute Gasteiger partial charge is 0.388 e. The molecule has 0 aliphatic heterocycles. The molecule has 18 heavy (non-hydrogen) atoms. The van der Waals surface area contributed by atoms with Gasteiger partial charge in [-0.05, 0) is 43.4 Å². The van der Waals surface area contributed by atoms with E-state index in [-0.39, 0.29) is 0 Å². The first-order valence-electron chi connectivity index (χ1n) is 6.29. The van der Waals surface area contributed by atoms with Crippen LogP contribution in [0, 0.1) is 13.8 Å². The van der Waals surface area contributed by atoms with Gasteiger partial charge in [-0.25, -0.2) is 0 Å². The molecule has 0 fully saturated rings. The van der Waals surface area contributed by atoms with E-state index in [9.17, 15) is 5.11 Å². The van der Waals surface area contributed by atoms with Gasteiger partial charge in [0.2, 0.25) is 0 Å². The van der Waals surface area contributed by atoms with Crippen molar-refractivity contribution < 1.29 is 5.11 Å². The molecule has 0 bridgehead atoms. The lowest BCUT2D eigenvalue weighted by molar-refractivity contribution is 0.167. The molecule has 0 spiro atoms. The van der Waals surface area contributed by atoms with Crippen molar-refractivity contribution >= 4 is 0 Å². The summed E-state index contributed by atoms with van der Waals surface area (Å²) >= 11 is 0. The molecule has 0 amide bonds. The quantitative estimate of drug-likeness (QED) is 0.898. The SMILES string of the molecule is Cc1ccc(C)c(C(O)CCc2cnn(C)c2)c1. The monoisotopic (exact) mass is 244 g/mol. The first kappa shape index (κ1) is 12.8. The summed E-state index contributed by atoms with van der Waals surface area (Å²) in [5.74, 6) is 0. The highest BCUT2D eigenvalue weighted by molar-refractivity contribution is 5.32. The Kier molecular flexibility index (Phi) is 3.82. The van der Waals surface area contributed by atoms with E-state index in [4.69, 9.17) is 0 Å². The molecule has 96 valence electrons. The van der Waals surface area contributed by atoms with E-state index in [0.717, 1.165) is 24.0 Å². The summed E-state index contributed by atoms with van der Waals surface area (Å²) in [5.41, 5.74) is 4.55. The van der Waals surface area contributed by atoms with Gasteiger partial charge in [-0.15, -0.1) is 0 Å². The van der Waals surface area contributed by atoms with Gasteiger partial charge in [-0.2, -0.15) is 5.10 Å². The van der Waals surface area contributed by atoms with E-state index in [1.807, 2.05) is 26.4 Å². The number of benzene rings is 1. The number of aromatic nitrogens is 2. The zero-order valence-electron chi connectivity index (χ0n) is 11.2. The van der Waals surface area contributed by atoms with Gasteiger partial charge in [0.05, 0.1) is 12.3 Å². The fourth-order valence-corrected chi connectivity index (χ4v) is 2.18. The number of aryl methyl sites for hydroxylation is 4. The lowest BCUT2D eigenvalue weighted by Gasteiger charge is -2.14. The molecule has 1 unspecified atom stereocenters. The maximum Gasteiger partial charge on any atom is 0.0795 e. The van der Waals surface area contributed by atoms with Crippen LogP contribution in [-0.4, -0.2) is 14.9 Å². The van der Waals surface area contributed by atoms with Gasteiger partial charge in [-0.3, -0.25) is 4.68 Å². The Labute approximate surface area is 108 Å². The van der Waals surface area contributed by atoms with Crippen LogP contribution in [0.5, 0.6) is 0 Å². The average Bonchev–Trinajstić information content (AvgIpc) is 2.75. The molecule has 1 aromatic carbocycles.